The fraction of sp³-hybridized carbons (Fsp3) is 0.346. The highest BCUT2D eigenvalue weighted by Gasteiger charge is 2.23. The zero-order chi connectivity index (χ0) is 24.2. The summed E-state index contributed by atoms with van der Waals surface area (Å²) < 4.78 is 15.6. The van der Waals surface area contributed by atoms with Crippen LogP contribution in [0.3, 0.4) is 0 Å². The topological polar surface area (TPSA) is 66.3 Å². The Morgan fingerprint density at radius 3 is 2.66 bits per heavy atom. The summed E-state index contributed by atoms with van der Waals surface area (Å²) in [6, 6.07) is 15.1. The number of imidazole rings is 1. The van der Waals surface area contributed by atoms with Crippen molar-refractivity contribution in [1.82, 2.24) is 19.4 Å². The summed E-state index contributed by atoms with van der Waals surface area (Å²) in [7, 11) is 0. The van der Waals surface area contributed by atoms with Crippen LogP contribution in [0.2, 0.25) is 0 Å². The van der Waals surface area contributed by atoms with Gasteiger partial charge in [-0.1, -0.05) is 24.3 Å². The molecule has 0 radical (unpaired) electrons. The van der Waals surface area contributed by atoms with E-state index in [1.165, 1.54) is 23.5 Å². The summed E-state index contributed by atoms with van der Waals surface area (Å²) in [5.74, 6) is 0.643. The number of anilines is 2. The normalized spacial score (nSPS) is 14.9. The van der Waals surface area contributed by atoms with Crippen LogP contribution in [0.25, 0.3) is 11.0 Å². The second kappa shape index (κ2) is 10.5. The number of halogens is 1. The molecule has 1 N–H and O–H groups in total. The highest BCUT2D eigenvalue weighted by molar-refractivity contribution is 7.13. The number of aromatic nitrogens is 3. The maximum atomic E-state index is 13.4. The van der Waals surface area contributed by atoms with E-state index in [1.807, 2.05) is 35.7 Å². The number of para-hydroxylation sites is 2. The first kappa shape index (κ1) is 23.4. The summed E-state index contributed by atoms with van der Waals surface area (Å²) in [4.78, 5) is 25.4. The lowest BCUT2D eigenvalue weighted by atomic mass is 10.1. The predicted octanol–water partition coefficient (Wildman–Crippen LogP) is 4.61. The van der Waals surface area contributed by atoms with Gasteiger partial charge in [0.2, 0.25) is 11.9 Å². The number of fused-ring (bicyclic) bond motifs is 1. The van der Waals surface area contributed by atoms with Crippen molar-refractivity contribution in [3.05, 3.63) is 71.5 Å². The van der Waals surface area contributed by atoms with Crippen LogP contribution in [0.1, 0.15) is 25.3 Å². The monoisotopic (exact) mass is 492 g/mol. The molecular weight excluding hydrogens is 463 g/mol. The number of hydrogen-bond acceptors (Lipinski definition) is 6. The van der Waals surface area contributed by atoms with Gasteiger partial charge in [-0.05, 0) is 42.7 Å². The van der Waals surface area contributed by atoms with Crippen LogP contribution in [0.4, 0.5) is 15.5 Å². The molecule has 7 nitrogen and oxygen atoms in total. The quantitative estimate of drug-likeness (QED) is 0.389. The van der Waals surface area contributed by atoms with Crippen molar-refractivity contribution in [3.63, 3.8) is 0 Å². The molecular formula is C26H29FN6OS. The second-order valence-electron chi connectivity index (χ2n) is 8.88. The van der Waals surface area contributed by atoms with E-state index in [1.54, 1.807) is 18.0 Å². The molecule has 2 aromatic carbocycles. The highest BCUT2D eigenvalue weighted by atomic mass is 32.1. The van der Waals surface area contributed by atoms with E-state index in [2.05, 4.69) is 25.8 Å². The van der Waals surface area contributed by atoms with Crippen LogP contribution >= 0.6 is 11.3 Å². The number of hydrogen-bond donors (Lipinski definition) is 1. The molecule has 1 fully saturated rings. The number of rotatable bonds is 8. The lowest BCUT2D eigenvalue weighted by molar-refractivity contribution is -0.116. The van der Waals surface area contributed by atoms with E-state index in [-0.39, 0.29) is 11.7 Å². The van der Waals surface area contributed by atoms with Gasteiger partial charge in [0.25, 0.3) is 0 Å². The van der Waals surface area contributed by atoms with Crippen molar-refractivity contribution in [2.45, 2.75) is 32.4 Å². The number of likely N-dealkylation sites (tertiary alicyclic amines) is 1. The fourth-order valence-corrected chi connectivity index (χ4v) is 5.29. The van der Waals surface area contributed by atoms with E-state index in [4.69, 9.17) is 4.98 Å². The number of thiazole rings is 1. The highest BCUT2D eigenvalue weighted by Crippen LogP contribution is 2.24. The van der Waals surface area contributed by atoms with E-state index < -0.39 is 0 Å². The summed E-state index contributed by atoms with van der Waals surface area (Å²) in [6.45, 7) is 5.61. The Balaban J connectivity index is 1.22. The molecule has 1 saturated heterocycles. The number of carbonyl (C=O) groups excluding carboxylic acids is 1. The number of benzene rings is 2. The zero-order valence-electron chi connectivity index (χ0n) is 19.7. The number of piperidine rings is 1. The minimum atomic E-state index is -0.229. The lowest BCUT2D eigenvalue weighted by Gasteiger charge is -2.33. The maximum Gasteiger partial charge on any atom is 0.225 e. The van der Waals surface area contributed by atoms with E-state index >= 15 is 0 Å². The fourth-order valence-electron chi connectivity index (χ4n) is 4.58. The number of amides is 1. The minimum Gasteiger partial charge on any atom is -0.353 e. The zero-order valence-corrected chi connectivity index (χ0v) is 20.5. The Kier molecular flexibility index (Phi) is 7.06. The first-order chi connectivity index (χ1) is 17.1. The summed E-state index contributed by atoms with van der Waals surface area (Å²) in [5.41, 5.74) is 3.03. The molecule has 1 aliphatic rings. The molecule has 3 heterocycles. The molecule has 35 heavy (non-hydrogen) atoms. The summed E-state index contributed by atoms with van der Waals surface area (Å²) >= 11 is 1.49. The van der Waals surface area contributed by atoms with Crippen LogP contribution in [-0.2, 0) is 11.3 Å². The Morgan fingerprint density at radius 2 is 1.94 bits per heavy atom. The standard InChI is InChI=1S/C26H29FN6OS/c1-19(34)32(26-28-12-17-35-26)16-15-31-13-10-22(11-14-31)29-25-30-23-4-2-3-5-24(23)33(25)18-20-6-8-21(27)9-7-20/h2-9,12,17,22H,10-11,13-16,18H2,1H3,(H,29,30). The van der Waals surface area contributed by atoms with E-state index in [0.29, 0.717) is 19.1 Å². The number of carbonyl (C=O) groups is 1. The Bertz CT molecular complexity index is 1260. The van der Waals surface area contributed by atoms with Gasteiger partial charge in [0, 0.05) is 50.7 Å². The number of nitrogens with zero attached hydrogens (tertiary/aromatic N) is 5. The average molecular weight is 493 g/mol. The molecule has 4 aromatic rings. The van der Waals surface area contributed by atoms with Crippen molar-refractivity contribution in [2.75, 3.05) is 36.4 Å². The molecule has 1 aliphatic heterocycles. The van der Waals surface area contributed by atoms with Crippen molar-refractivity contribution in [1.29, 1.82) is 0 Å². The van der Waals surface area contributed by atoms with Gasteiger partial charge in [-0.15, -0.1) is 11.3 Å². The van der Waals surface area contributed by atoms with E-state index in [9.17, 15) is 9.18 Å². The Labute approximate surface area is 208 Å². The molecule has 2 aromatic heterocycles. The third kappa shape index (κ3) is 5.52. The van der Waals surface area contributed by atoms with Gasteiger partial charge in [0.05, 0.1) is 17.6 Å². The maximum absolute atomic E-state index is 13.4. The van der Waals surface area contributed by atoms with Crippen molar-refractivity contribution < 1.29 is 9.18 Å². The van der Waals surface area contributed by atoms with Gasteiger partial charge in [-0.25, -0.2) is 14.4 Å². The predicted molar refractivity (Wildman–Crippen MR) is 138 cm³/mol. The SMILES string of the molecule is CC(=O)N(CCN1CCC(Nc2nc3ccccc3n2Cc2ccc(F)cc2)CC1)c1nccs1. The molecule has 0 atom stereocenters. The van der Waals surface area contributed by atoms with Crippen LogP contribution in [-0.4, -0.2) is 57.6 Å². The molecule has 0 aliphatic carbocycles. The van der Waals surface area contributed by atoms with Crippen LogP contribution in [0.5, 0.6) is 0 Å². The van der Waals surface area contributed by atoms with Gasteiger partial charge < -0.3 is 14.8 Å². The molecule has 0 unspecified atom stereocenters. The first-order valence-corrected chi connectivity index (χ1v) is 12.8. The van der Waals surface area contributed by atoms with Gasteiger partial charge in [-0.2, -0.15) is 0 Å². The van der Waals surface area contributed by atoms with Crippen molar-refractivity contribution in [2.24, 2.45) is 0 Å². The molecule has 0 spiro atoms. The molecule has 182 valence electrons. The van der Waals surface area contributed by atoms with E-state index in [0.717, 1.165) is 60.2 Å². The molecule has 0 bridgehead atoms. The molecule has 5 rings (SSSR count). The molecule has 9 heteroatoms. The van der Waals surface area contributed by atoms with Gasteiger partial charge in [0.15, 0.2) is 5.13 Å². The Morgan fingerprint density at radius 1 is 1.17 bits per heavy atom. The van der Waals surface area contributed by atoms with Crippen LogP contribution < -0.4 is 10.2 Å². The average Bonchev–Trinajstić information content (AvgIpc) is 3.50. The molecule has 0 saturated carbocycles. The van der Waals surface area contributed by atoms with Gasteiger partial charge in [-0.3, -0.25) is 9.69 Å². The largest absolute Gasteiger partial charge is 0.353 e. The van der Waals surface area contributed by atoms with Gasteiger partial charge in [0.1, 0.15) is 5.82 Å². The van der Waals surface area contributed by atoms with Crippen molar-refractivity contribution >= 4 is 39.4 Å². The Hall–Kier alpha value is -3.30. The minimum absolute atomic E-state index is 0.0246. The summed E-state index contributed by atoms with van der Waals surface area (Å²) in [6.07, 6.45) is 3.73. The third-order valence-electron chi connectivity index (χ3n) is 6.50. The third-order valence-corrected chi connectivity index (χ3v) is 7.29. The van der Waals surface area contributed by atoms with Crippen LogP contribution in [0.15, 0.2) is 60.1 Å². The first-order valence-electron chi connectivity index (χ1n) is 11.9. The van der Waals surface area contributed by atoms with Crippen molar-refractivity contribution in [3.8, 4) is 0 Å². The number of nitrogens with one attached hydrogen (secondary N) is 1. The second-order valence-corrected chi connectivity index (χ2v) is 9.76. The van der Waals surface area contributed by atoms with Gasteiger partial charge >= 0.3 is 0 Å². The van der Waals surface area contributed by atoms with Crippen LogP contribution in [0, 0.1) is 5.82 Å². The lowest BCUT2D eigenvalue weighted by Crippen LogP contribution is -2.44. The summed E-state index contributed by atoms with van der Waals surface area (Å²) in [5, 5.41) is 6.33. The smallest absolute Gasteiger partial charge is 0.225 e. The molecule has 1 amide bonds.